The molecule has 1 amide bonds. The van der Waals surface area contributed by atoms with E-state index in [1.54, 1.807) is 29.8 Å². The molecular weight excluding hydrogens is 1010 g/mol. The molecular formula is C55H50Br3ClN2O3. The molecule has 6 aromatic carbocycles. The molecule has 9 heteroatoms. The van der Waals surface area contributed by atoms with E-state index in [0.29, 0.717) is 35.3 Å². The van der Waals surface area contributed by atoms with Gasteiger partial charge in [0.25, 0.3) is 11.1 Å². The summed E-state index contributed by atoms with van der Waals surface area (Å²) in [5.74, 6) is 1.62. The SMILES string of the molecule is Brc1ccc2c(c1)C1CCC(C2)N1.O=C(Cl)c1ccccc1.O=C(c1ccccc1)C1[C@H]2CC[C@@H]1c1cc(Br)ccc1C2.O=C(c1ccccc1)N1[C@@H]2CC[C@H]1c1cc(Br)ccc1C2. The van der Waals surface area contributed by atoms with Gasteiger partial charge in [0, 0.05) is 54.2 Å². The molecule has 0 radical (unpaired) electrons. The second-order valence-electron chi connectivity index (χ2n) is 17.8. The van der Waals surface area contributed by atoms with Gasteiger partial charge in [-0.15, -0.1) is 0 Å². The Kier molecular flexibility index (Phi) is 14.2. The lowest BCUT2D eigenvalue weighted by Gasteiger charge is -2.36. The standard InChI is InChI=1S/C19H17BrO.C18H16BrNO.C11H12BrN.C7H5ClO/c20-15-8-6-13-10-14-7-9-16(17(13)11-15)18(14)19(21)12-4-2-1-3-5-12;19-14-7-6-13-10-15-8-9-17(16(13)11-14)20(15)18(21)12-4-2-1-3-5-12;12-8-2-1-7-5-9-3-4-11(13-9)10(7)6-8;8-7(9)6-4-2-1-3-5-6/h1-6,8,11,14,16,18H,7,9-10H2;1-7,11,15,17H,8-10H2;1-2,6,9,11,13H,3-5H2;1-5H/t14-,16+,18?;15-,17+;;/m01../s1. The maximum atomic E-state index is 12.9. The zero-order chi connectivity index (χ0) is 44.3. The predicted molar refractivity (Wildman–Crippen MR) is 267 cm³/mol. The lowest BCUT2D eigenvalue weighted by atomic mass is 9.72. The van der Waals surface area contributed by atoms with E-state index >= 15 is 0 Å². The van der Waals surface area contributed by atoms with Gasteiger partial charge in [0.05, 0.1) is 6.04 Å². The third kappa shape index (κ3) is 9.83. The Labute approximate surface area is 406 Å². The summed E-state index contributed by atoms with van der Waals surface area (Å²) in [6.07, 6.45) is 10.4. The van der Waals surface area contributed by atoms with Crippen LogP contribution in [0, 0.1) is 11.8 Å². The first-order chi connectivity index (χ1) is 31.1. The van der Waals surface area contributed by atoms with Crippen LogP contribution in [0.4, 0.5) is 0 Å². The summed E-state index contributed by atoms with van der Waals surface area (Å²) in [4.78, 5) is 38.3. The summed E-state index contributed by atoms with van der Waals surface area (Å²) in [6, 6.07) is 49.9. The van der Waals surface area contributed by atoms with Gasteiger partial charge in [0.15, 0.2) is 5.78 Å². The van der Waals surface area contributed by atoms with Crippen LogP contribution in [0.1, 0.15) is 121 Å². The Morgan fingerprint density at radius 1 is 0.531 bits per heavy atom. The van der Waals surface area contributed by atoms with E-state index in [1.165, 1.54) is 58.0 Å². The van der Waals surface area contributed by atoms with Gasteiger partial charge in [0.1, 0.15) is 0 Å². The molecule has 2 aliphatic carbocycles. The number of carbonyl (C=O) groups is 3. The summed E-state index contributed by atoms with van der Waals surface area (Å²) in [5, 5.41) is 3.25. The van der Waals surface area contributed by atoms with Crippen molar-refractivity contribution in [3.05, 3.63) is 209 Å². The van der Waals surface area contributed by atoms with Crippen molar-refractivity contribution in [1.82, 2.24) is 10.2 Å². The van der Waals surface area contributed by atoms with Crippen LogP contribution in [0.25, 0.3) is 0 Å². The number of amides is 1. The highest BCUT2D eigenvalue weighted by molar-refractivity contribution is 9.11. The Hall–Kier alpha value is -4.18. The topological polar surface area (TPSA) is 66.5 Å². The van der Waals surface area contributed by atoms with E-state index in [-0.39, 0.29) is 17.9 Å². The van der Waals surface area contributed by atoms with E-state index in [4.69, 9.17) is 11.6 Å². The molecule has 3 unspecified atom stereocenters. The molecule has 0 aromatic heterocycles. The number of carbonyl (C=O) groups excluding carboxylic acids is 3. The fourth-order valence-electron chi connectivity index (χ4n) is 11.1. The molecule has 12 rings (SSSR count). The van der Waals surface area contributed by atoms with E-state index in [1.807, 2.05) is 66.7 Å². The van der Waals surface area contributed by atoms with Crippen LogP contribution in [0.5, 0.6) is 0 Å². The molecule has 7 atom stereocenters. The monoisotopic (exact) mass is 1060 g/mol. The fraction of sp³-hybridized carbons (Fsp3) is 0.291. The van der Waals surface area contributed by atoms with E-state index < -0.39 is 5.24 Å². The predicted octanol–water partition coefficient (Wildman–Crippen LogP) is 14.2. The molecule has 0 spiro atoms. The lowest BCUT2D eigenvalue weighted by Crippen LogP contribution is -2.41. The zero-order valence-corrected chi connectivity index (χ0v) is 41.0. The number of fused-ring (bicyclic) bond motifs is 12. The average molecular weight is 1060 g/mol. The van der Waals surface area contributed by atoms with Crippen molar-refractivity contribution >= 4 is 76.3 Å². The number of halogens is 4. The van der Waals surface area contributed by atoms with Crippen LogP contribution in [-0.2, 0) is 19.3 Å². The summed E-state index contributed by atoms with van der Waals surface area (Å²) in [6.45, 7) is 0. The van der Waals surface area contributed by atoms with Crippen LogP contribution < -0.4 is 5.32 Å². The molecule has 6 aromatic rings. The fourth-order valence-corrected chi connectivity index (χ4v) is 12.4. The molecule has 1 saturated carbocycles. The van der Waals surface area contributed by atoms with Crippen LogP contribution in [0.3, 0.4) is 0 Å². The molecule has 4 aliphatic heterocycles. The van der Waals surface area contributed by atoms with Crippen molar-refractivity contribution in [3.8, 4) is 0 Å². The second kappa shape index (κ2) is 20.1. The third-order valence-corrected chi connectivity index (χ3v) is 15.7. The minimum absolute atomic E-state index is 0.175. The van der Waals surface area contributed by atoms with Crippen molar-refractivity contribution in [2.75, 3.05) is 0 Å². The number of rotatable bonds is 4. The maximum absolute atomic E-state index is 12.9. The first-order valence-electron chi connectivity index (χ1n) is 22.4. The van der Waals surface area contributed by atoms with Gasteiger partial charge >= 0.3 is 0 Å². The van der Waals surface area contributed by atoms with Gasteiger partial charge in [-0.2, -0.15) is 0 Å². The first-order valence-corrected chi connectivity index (χ1v) is 25.2. The van der Waals surface area contributed by atoms with Gasteiger partial charge in [-0.1, -0.05) is 145 Å². The number of hydrogen-bond donors (Lipinski definition) is 1. The number of ketones is 1. The molecule has 3 fully saturated rings. The average Bonchev–Trinajstić information content (AvgIpc) is 3.99. The first kappa shape index (κ1) is 45.0. The quantitative estimate of drug-likeness (QED) is 0.141. The van der Waals surface area contributed by atoms with Gasteiger partial charge in [-0.25, -0.2) is 0 Å². The van der Waals surface area contributed by atoms with Gasteiger partial charge in [-0.3, -0.25) is 14.4 Å². The maximum Gasteiger partial charge on any atom is 0.254 e. The van der Waals surface area contributed by atoms with E-state index in [2.05, 4.69) is 113 Å². The molecule has 326 valence electrons. The van der Waals surface area contributed by atoms with Gasteiger partial charge in [0.2, 0.25) is 0 Å². The molecule has 2 saturated heterocycles. The summed E-state index contributed by atoms with van der Waals surface area (Å²) in [5.41, 5.74) is 10.8. The van der Waals surface area contributed by atoms with Gasteiger partial charge in [-0.05, 0) is 163 Å². The molecule has 4 heterocycles. The van der Waals surface area contributed by atoms with Crippen LogP contribution in [0.15, 0.2) is 159 Å². The van der Waals surface area contributed by atoms with Crippen molar-refractivity contribution in [2.45, 2.75) is 87.9 Å². The van der Waals surface area contributed by atoms with Crippen LogP contribution in [-0.4, -0.2) is 33.9 Å². The Morgan fingerprint density at radius 3 is 1.69 bits per heavy atom. The zero-order valence-electron chi connectivity index (χ0n) is 35.4. The smallest absolute Gasteiger partial charge is 0.254 e. The summed E-state index contributed by atoms with van der Waals surface area (Å²) >= 11 is 15.8. The molecule has 5 nitrogen and oxygen atoms in total. The van der Waals surface area contributed by atoms with Crippen LogP contribution in [0.2, 0.25) is 0 Å². The minimum Gasteiger partial charge on any atom is -0.328 e. The number of Topliss-reactive ketones (excluding diaryl/α,β-unsaturated/α-hetero) is 1. The van der Waals surface area contributed by atoms with Crippen molar-refractivity contribution in [2.24, 2.45) is 11.8 Å². The second-order valence-corrected chi connectivity index (χ2v) is 20.9. The highest BCUT2D eigenvalue weighted by Crippen LogP contribution is 2.52. The molecule has 6 aliphatic rings. The lowest BCUT2D eigenvalue weighted by molar-refractivity contribution is 0.0646. The van der Waals surface area contributed by atoms with Gasteiger partial charge < -0.3 is 10.2 Å². The number of nitrogens with zero attached hydrogens (tertiary/aromatic N) is 1. The normalized spacial score (nSPS) is 23.6. The van der Waals surface area contributed by atoms with Crippen molar-refractivity contribution in [3.63, 3.8) is 0 Å². The highest BCUT2D eigenvalue weighted by atomic mass is 79.9. The summed E-state index contributed by atoms with van der Waals surface area (Å²) < 4.78 is 3.43. The minimum atomic E-state index is -0.407. The number of nitrogens with one attached hydrogen (secondary N) is 1. The summed E-state index contributed by atoms with van der Waals surface area (Å²) in [7, 11) is 0. The molecule has 1 N–H and O–H groups in total. The number of benzene rings is 6. The Bertz CT molecular complexity index is 2520. The molecule has 64 heavy (non-hydrogen) atoms. The van der Waals surface area contributed by atoms with Crippen molar-refractivity contribution in [1.29, 1.82) is 0 Å². The highest BCUT2D eigenvalue weighted by Gasteiger charge is 2.46. The third-order valence-electron chi connectivity index (χ3n) is 14.0. The Morgan fingerprint density at radius 2 is 1.08 bits per heavy atom. The van der Waals surface area contributed by atoms with Crippen molar-refractivity contribution < 1.29 is 14.4 Å². The van der Waals surface area contributed by atoms with E-state index in [9.17, 15) is 14.4 Å². The molecule has 6 bridgehead atoms. The number of hydrogen-bond acceptors (Lipinski definition) is 4. The largest absolute Gasteiger partial charge is 0.328 e. The van der Waals surface area contributed by atoms with Crippen LogP contribution >= 0.6 is 59.4 Å². The van der Waals surface area contributed by atoms with E-state index in [0.717, 1.165) is 58.2 Å². The Balaban J connectivity index is 0.000000113.